The average molecular weight is 209 g/mol. The number of primary amides is 1. The van der Waals surface area contributed by atoms with Crippen LogP contribution in [0.25, 0.3) is 0 Å². The van der Waals surface area contributed by atoms with Gasteiger partial charge in [-0.05, 0) is 0 Å². The highest BCUT2D eigenvalue weighted by molar-refractivity contribution is 9.10. The van der Waals surface area contributed by atoms with Gasteiger partial charge in [0.05, 0.1) is 4.57 Å². The molecule has 1 heterocycles. The Morgan fingerprint density at radius 3 is 2.78 bits per heavy atom. The van der Waals surface area contributed by atoms with Gasteiger partial charge >= 0.3 is 0 Å². The molecule has 0 radical (unpaired) electrons. The zero-order valence-electron chi connectivity index (χ0n) is 4.54. The summed E-state index contributed by atoms with van der Waals surface area (Å²) >= 11 is 3.30. The first-order valence-corrected chi connectivity index (χ1v) is 4.38. The van der Waals surface area contributed by atoms with Crippen LogP contribution < -0.4 is 11.1 Å². The molecule has 0 saturated carbocycles. The maximum atomic E-state index is 10.5. The van der Waals surface area contributed by atoms with Crippen LogP contribution in [0.15, 0.2) is 0 Å². The lowest BCUT2D eigenvalue weighted by molar-refractivity contribution is -0.119. The third kappa shape index (κ3) is 1.51. The molecule has 9 heavy (non-hydrogen) atoms. The molecule has 0 aliphatic carbocycles. The number of rotatable bonds is 1. The van der Waals surface area contributed by atoms with Gasteiger partial charge in [0.1, 0.15) is 6.04 Å². The van der Waals surface area contributed by atoms with E-state index in [4.69, 9.17) is 5.73 Å². The molecule has 1 amide bonds. The van der Waals surface area contributed by atoms with Crippen molar-refractivity contribution in [2.45, 2.75) is 10.6 Å². The summed E-state index contributed by atoms with van der Waals surface area (Å²) in [5, 5.41) is 2.85. The van der Waals surface area contributed by atoms with Crippen LogP contribution >= 0.6 is 24.1 Å². The van der Waals surface area contributed by atoms with Crippen LogP contribution in [0.2, 0.25) is 0 Å². The Hall–Kier alpha value is 0.0800. The molecule has 0 saturated heterocycles. The molecule has 2 atom stereocenters. The van der Waals surface area contributed by atoms with Crippen molar-refractivity contribution in [1.82, 2.24) is 5.32 Å². The van der Waals surface area contributed by atoms with Crippen LogP contribution in [0.5, 0.6) is 0 Å². The van der Waals surface area contributed by atoms with E-state index in [1.807, 2.05) is 5.92 Å². The fourth-order valence-electron chi connectivity index (χ4n) is 0.578. The molecule has 1 aliphatic rings. The second-order valence-corrected chi connectivity index (χ2v) is 4.50. The summed E-state index contributed by atoms with van der Waals surface area (Å²) in [6, 6.07) is -0.230. The van der Waals surface area contributed by atoms with Gasteiger partial charge in [0, 0.05) is 5.92 Å². The van der Waals surface area contributed by atoms with Gasteiger partial charge in [-0.2, -0.15) is 0 Å². The van der Waals surface area contributed by atoms with Gasteiger partial charge in [-0.15, -0.1) is 0 Å². The van der Waals surface area contributed by atoms with Crippen LogP contribution in [-0.4, -0.2) is 22.4 Å². The van der Waals surface area contributed by atoms with Crippen molar-refractivity contribution in [3.05, 3.63) is 0 Å². The Kier molecular flexibility index (Phi) is 2.22. The van der Waals surface area contributed by atoms with Crippen molar-refractivity contribution < 1.29 is 4.79 Å². The smallest absolute Gasteiger partial charge is 0.236 e. The monoisotopic (exact) mass is 208 g/mol. The number of hydrogen-bond donors (Lipinski definition) is 2. The summed E-state index contributed by atoms with van der Waals surface area (Å²) in [5.41, 5.74) is 5.03. The molecule has 50 valence electrons. The predicted octanol–water partition coefficient (Wildman–Crippen LogP) is -0.130. The Bertz CT molecular complexity index is 161. The first-order chi connectivity index (χ1) is 4.22. The van der Waals surface area contributed by atoms with Crippen LogP contribution in [0, 0.1) is 0 Å². The third-order valence-electron chi connectivity index (χ3n) is 1.05. The minimum atomic E-state index is -0.307. The van der Waals surface area contributed by atoms with Gasteiger partial charge in [-0.25, -0.2) is 0 Å². The Morgan fingerprint density at radius 2 is 2.56 bits per heavy atom. The van der Waals surface area contributed by atoms with E-state index in [1.54, 1.807) is 0 Å². The first-order valence-electron chi connectivity index (χ1n) is 2.43. The SMILES string of the molecule is NC(=O)C1NC=PC1Br. The van der Waals surface area contributed by atoms with E-state index in [-0.39, 0.29) is 16.5 Å². The zero-order chi connectivity index (χ0) is 6.85. The normalized spacial score (nSPS) is 34.8. The van der Waals surface area contributed by atoms with Gasteiger partial charge in [0.2, 0.25) is 5.91 Å². The van der Waals surface area contributed by atoms with Crippen molar-refractivity contribution in [3.8, 4) is 0 Å². The van der Waals surface area contributed by atoms with Gasteiger partial charge in [0.25, 0.3) is 0 Å². The lowest BCUT2D eigenvalue weighted by Gasteiger charge is -2.07. The topological polar surface area (TPSA) is 55.1 Å². The summed E-state index contributed by atoms with van der Waals surface area (Å²) in [5.74, 6) is 1.51. The molecule has 0 fully saturated rings. The maximum absolute atomic E-state index is 10.5. The minimum absolute atomic E-state index is 0.148. The fourth-order valence-corrected chi connectivity index (χ4v) is 2.14. The molecule has 0 aromatic rings. The van der Waals surface area contributed by atoms with Crippen molar-refractivity contribution >= 4 is 36.0 Å². The Balaban J connectivity index is 2.55. The first kappa shape index (κ1) is 7.19. The quantitative estimate of drug-likeness (QED) is 0.466. The molecule has 3 N–H and O–H groups in total. The van der Waals surface area contributed by atoms with Gasteiger partial charge < -0.3 is 5.73 Å². The van der Waals surface area contributed by atoms with Crippen molar-refractivity contribution in [2.24, 2.45) is 5.73 Å². The summed E-state index contributed by atoms with van der Waals surface area (Å²) in [6.07, 6.45) is 0. The summed E-state index contributed by atoms with van der Waals surface area (Å²) in [7, 11) is 1.07. The van der Waals surface area contributed by atoms with Crippen molar-refractivity contribution in [2.75, 3.05) is 0 Å². The number of nitrogens with two attached hydrogens (primary N) is 1. The van der Waals surface area contributed by atoms with Crippen LogP contribution in [0.4, 0.5) is 0 Å². The number of halogens is 1. The van der Waals surface area contributed by atoms with E-state index in [0.717, 1.165) is 8.20 Å². The number of carbonyl (C=O) groups is 1. The van der Waals surface area contributed by atoms with E-state index in [9.17, 15) is 4.79 Å². The number of nitrogens with one attached hydrogen (secondary N) is 1. The van der Waals surface area contributed by atoms with Crippen LogP contribution in [-0.2, 0) is 4.79 Å². The molecular formula is C4H6BrN2OP. The van der Waals surface area contributed by atoms with E-state index < -0.39 is 0 Å². The van der Waals surface area contributed by atoms with Crippen molar-refractivity contribution in [1.29, 1.82) is 0 Å². The molecule has 2 unspecified atom stereocenters. The second kappa shape index (κ2) is 2.78. The zero-order valence-corrected chi connectivity index (χ0v) is 7.02. The maximum Gasteiger partial charge on any atom is 0.236 e. The minimum Gasteiger partial charge on any atom is -0.368 e. The number of hydrogen-bond acceptors (Lipinski definition) is 2. The van der Waals surface area contributed by atoms with E-state index in [2.05, 4.69) is 21.2 Å². The van der Waals surface area contributed by atoms with Gasteiger partial charge in [-0.3, -0.25) is 10.1 Å². The summed E-state index contributed by atoms with van der Waals surface area (Å²) in [6.45, 7) is 0. The second-order valence-electron chi connectivity index (χ2n) is 1.70. The number of carbonyl (C=O) groups excluding carboxylic acids is 1. The van der Waals surface area contributed by atoms with E-state index in [0.29, 0.717) is 0 Å². The highest BCUT2D eigenvalue weighted by atomic mass is 79.9. The molecular weight excluding hydrogens is 203 g/mol. The van der Waals surface area contributed by atoms with Gasteiger partial charge in [-0.1, -0.05) is 24.1 Å². The summed E-state index contributed by atoms with van der Waals surface area (Å²) < 4.78 is 0.148. The van der Waals surface area contributed by atoms with Gasteiger partial charge in [0.15, 0.2) is 0 Å². The lowest BCUT2D eigenvalue weighted by Crippen LogP contribution is -2.41. The highest BCUT2D eigenvalue weighted by Gasteiger charge is 2.24. The average Bonchev–Trinajstić information content (AvgIpc) is 2.13. The molecule has 0 aromatic carbocycles. The molecule has 3 nitrogen and oxygen atoms in total. The number of alkyl halides is 1. The molecule has 1 rings (SSSR count). The third-order valence-corrected chi connectivity index (χ3v) is 3.17. The van der Waals surface area contributed by atoms with Crippen LogP contribution in [0.1, 0.15) is 0 Å². The Labute approximate surface area is 62.9 Å². The van der Waals surface area contributed by atoms with Crippen LogP contribution in [0.3, 0.4) is 0 Å². The molecule has 1 aliphatic heterocycles. The van der Waals surface area contributed by atoms with E-state index >= 15 is 0 Å². The Morgan fingerprint density at radius 1 is 1.89 bits per heavy atom. The molecule has 0 spiro atoms. The van der Waals surface area contributed by atoms with Crippen molar-refractivity contribution in [3.63, 3.8) is 0 Å². The predicted molar refractivity (Wildman–Crippen MR) is 41.8 cm³/mol. The fraction of sp³-hybridized carbons (Fsp3) is 0.500. The molecule has 5 heteroatoms. The van der Waals surface area contributed by atoms with E-state index in [1.165, 1.54) is 0 Å². The number of amides is 1. The summed E-state index contributed by atoms with van der Waals surface area (Å²) in [4.78, 5) is 10.5. The molecule has 0 aromatic heterocycles. The largest absolute Gasteiger partial charge is 0.368 e. The molecule has 0 bridgehead atoms. The lowest BCUT2D eigenvalue weighted by atomic mass is 10.3. The standard InChI is InChI=1S/C4H6BrN2OP/c5-3-2(4(6)8)7-1-9-3/h1-3,7H,(H2,6,8). The highest BCUT2D eigenvalue weighted by Crippen LogP contribution is 2.22.